The smallest absolute Gasteiger partial charge is 0.312 e. The molecule has 0 saturated carbocycles. The molecule has 0 aromatic rings. The molecule has 3 saturated heterocycles. The molecule has 0 amide bonds. The standard InChI is InChI=1S/C35H61N3O8/c1-28(2)14-20(15-29(3,4)36-28)34(26(43)44,21-16-30(5,6)37-31(7,8)17-21)35(27(45)46,23(25(41)42)13-24(39)40)22-18-32(9,10)38-33(11,12)19-22/h20-23,36-38H,13-19H2,1-12H3,(H,39,40)(H,41,42)(H,43,44)(H,45,46). The van der Waals surface area contributed by atoms with Crippen molar-refractivity contribution >= 4 is 23.9 Å². The molecule has 3 aliphatic heterocycles. The molecule has 3 aliphatic rings. The van der Waals surface area contributed by atoms with Gasteiger partial charge >= 0.3 is 23.9 Å². The lowest BCUT2D eigenvalue weighted by Crippen LogP contribution is -2.75. The monoisotopic (exact) mass is 651 g/mol. The minimum atomic E-state index is -2.48. The number of carbonyl (C=O) groups is 4. The lowest BCUT2D eigenvalue weighted by atomic mass is 9.38. The molecule has 0 aromatic heterocycles. The van der Waals surface area contributed by atoms with Crippen LogP contribution in [0.3, 0.4) is 0 Å². The fourth-order valence-corrected chi connectivity index (χ4v) is 11.5. The van der Waals surface area contributed by atoms with E-state index >= 15 is 0 Å². The fraction of sp³-hybridized carbons (Fsp3) is 0.886. The second-order valence-corrected chi connectivity index (χ2v) is 18.8. The van der Waals surface area contributed by atoms with Gasteiger partial charge in [0.25, 0.3) is 0 Å². The van der Waals surface area contributed by atoms with Gasteiger partial charge in [-0.2, -0.15) is 0 Å². The normalized spacial score (nSPS) is 28.0. The van der Waals surface area contributed by atoms with E-state index in [-0.39, 0.29) is 38.5 Å². The highest BCUT2D eigenvalue weighted by atomic mass is 16.4. The second kappa shape index (κ2) is 11.7. The largest absolute Gasteiger partial charge is 0.481 e. The third-order valence-electron chi connectivity index (χ3n) is 11.1. The number of nitrogens with one attached hydrogen (secondary N) is 3. The molecule has 46 heavy (non-hydrogen) atoms. The Morgan fingerprint density at radius 3 is 1.04 bits per heavy atom. The Morgan fingerprint density at radius 2 is 0.826 bits per heavy atom. The Balaban J connectivity index is 2.67. The number of aliphatic carboxylic acids is 4. The van der Waals surface area contributed by atoms with E-state index in [9.17, 15) is 39.6 Å². The zero-order valence-electron chi connectivity index (χ0n) is 30.2. The van der Waals surface area contributed by atoms with Gasteiger partial charge in [-0.05, 0) is 139 Å². The SMILES string of the molecule is CC1(C)CC(C(C(=O)O)(C2CC(C)(C)NC(C)(C)C2)C(C(=O)O)(C2CC(C)(C)NC(C)(C)C2)C(CC(=O)O)C(=O)O)CC(C)(C)N1. The van der Waals surface area contributed by atoms with Crippen LogP contribution in [0.4, 0.5) is 0 Å². The van der Waals surface area contributed by atoms with Crippen molar-refractivity contribution in [3.8, 4) is 0 Å². The van der Waals surface area contributed by atoms with E-state index in [1.54, 1.807) is 0 Å². The molecule has 264 valence electrons. The van der Waals surface area contributed by atoms with Crippen LogP contribution in [0.15, 0.2) is 0 Å². The van der Waals surface area contributed by atoms with Crippen LogP contribution in [0.1, 0.15) is 128 Å². The summed E-state index contributed by atoms with van der Waals surface area (Å²) in [5.41, 5.74) is -8.49. The molecule has 0 aliphatic carbocycles. The molecule has 0 radical (unpaired) electrons. The van der Waals surface area contributed by atoms with Gasteiger partial charge in [0, 0.05) is 33.2 Å². The molecule has 11 heteroatoms. The van der Waals surface area contributed by atoms with E-state index in [0.717, 1.165) is 0 Å². The van der Waals surface area contributed by atoms with Crippen LogP contribution in [0.5, 0.6) is 0 Å². The predicted octanol–water partition coefficient (Wildman–Crippen LogP) is 4.97. The maximum Gasteiger partial charge on any atom is 0.312 e. The first-order valence-corrected chi connectivity index (χ1v) is 16.7. The summed E-state index contributed by atoms with van der Waals surface area (Å²) < 4.78 is 0. The molecular formula is C35H61N3O8. The summed E-state index contributed by atoms with van der Waals surface area (Å²) in [6.07, 6.45) is 0.434. The number of piperidine rings is 3. The Morgan fingerprint density at radius 1 is 0.543 bits per heavy atom. The minimum absolute atomic E-state index is 0.163. The zero-order valence-corrected chi connectivity index (χ0v) is 30.2. The Hall–Kier alpha value is -2.24. The van der Waals surface area contributed by atoms with Crippen molar-refractivity contribution in [3.63, 3.8) is 0 Å². The maximum absolute atomic E-state index is 14.7. The highest BCUT2D eigenvalue weighted by Crippen LogP contribution is 2.68. The number of carboxylic acid groups (broad SMARTS) is 4. The summed E-state index contributed by atoms with van der Waals surface area (Å²) in [5, 5.41) is 55.8. The minimum Gasteiger partial charge on any atom is -0.481 e. The fourth-order valence-electron chi connectivity index (χ4n) is 11.5. The van der Waals surface area contributed by atoms with E-state index in [0.29, 0.717) is 0 Å². The van der Waals surface area contributed by atoms with Gasteiger partial charge in [-0.1, -0.05) is 0 Å². The highest BCUT2D eigenvalue weighted by molar-refractivity contribution is 5.93. The Bertz CT molecular complexity index is 1150. The van der Waals surface area contributed by atoms with Crippen LogP contribution < -0.4 is 16.0 Å². The van der Waals surface area contributed by atoms with Gasteiger partial charge in [0.15, 0.2) is 0 Å². The highest BCUT2D eigenvalue weighted by Gasteiger charge is 2.77. The third kappa shape index (κ3) is 7.11. The van der Waals surface area contributed by atoms with Crippen LogP contribution >= 0.6 is 0 Å². The summed E-state index contributed by atoms with van der Waals surface area (Å²) >= 11 is 0. The van der Waals surface area contributed by atoms with Gasteiger partial charge in [-0.25, -0.2) is 0 Å². The first kappa shape index (κ1) is 38.2. The number of rotatable bonds is 10. The molecular weight excluding hydrogens is 590 g/mol. The molecule has 0 bridgehead atoms. The second-order valence-electron chi connectivity index (χ2n) is 18.8. The Kier molecular flexibility index (Phi) is 9.74. The average Bonchev–Trinajstić information content (AvgIpc) is 2.73. The number of carboxylic acids is 4. The zero-order chi connectivity index (χ0) is 35.7. The van der Waals surface area contributed by atoms with Crippen molar-refractivity contribution in [2.24, 2.45) is 34.5 Å². The molecule has 0 aromatic carbocycles. The van der Waals surface area contributed by atoms with Gasteiger partial charge in [0.1, 0.15) is 5.41 Å². The van der Waals surface area contributed by atoms with Gasteiger partial charge in [0.05, 0.1) is 17.8 Å². The van der Waals surface area contributed by atoms with Gasteiger partial charge in [-0.3, -0.25) is 19.2 Å². The summed E-state index contributed by atoms with van der Waals surface area (Å²) in [6, 6.07) is 0. The first-order chi connectivity index (χ1) is 20.4. The van der Waals surface area contributed by atoms with E-state index in [4.69, 9.17) is 0 Å². The van der Waals surface area contributed by atoms with Crippen molar-refractivity contribution in [2.45, 2.75) is 161 Å². The lowest BCUT2D eigenvalue weighted by Gasteiger charge is -2.65. The van der Waals surface area contributed by atoms with Crippen molar-refractivity contribution in [1.29, 1.82) is 0 Å². The first-order valence-electron chi connectivity index (χ1n) is 16.7. The summed E-state index contributed by atoms with van der Waals surface area (Å²) in [7, 11) is 0. The van der Waals surface area contributed by atoms with Crippen molar-refractivity contribution in [3.05, 3.63) is 0 Å². The Labute approximate surface area is 275 Å². The lowest BCUT2D eigenvalue weighted by molar-refractivity contribution is -0.228. The molecule has 11 nitrogen and oxygen atoms in total. The van der Waals surface area contributed by atoms with Crippen molar-refractivity contribution in [1.82, 2.24) is 16.0 Å². The number of hydrogen-bond acceptors (Lipinski definition) is 7. The quantitative estimate of drug-likeness (QED) is 0.169. The van der Waals surface area contributed by atoms with Gasteiger partial charge < -0.3 is 36.4 Å². The van der Waals surface area contributed by atoms with Gasteiger partial charge in [-0.15, -0.1) is 0 Å². The summed E-state index contributed by atoms with van der Waals surface area (Å²) in [4.78, 5) is 55.4. The van der Waals surface area contributed by atoms with Gasteiger partial charge in [0.2, 0.25) is 0 Å². The van der Waals surface area contributed by atoms with E-state index in [1.807, 2.05) is 83.1 Å². The maximum atomic E-state index is 14.7. The van der Waals surface area contributed by atoms with Crippen molar-refractivity contribution in [2.75, 3.05) is 0 Å². The topological polar surface area (TPSA) is 185 Å². The number of hydrogen-bond donors (Lipinski definition) is 7. The van der Waals surface area contributed by atoms with Crippen LogP contribution in [0.25, 0.3) is 0 Å². The summed E-state index contributed by atoms with van der Waals surface area (Å²) in [6.45, 7) is 23.4. The predicted molar refractivity (Wildman–Crippen MR) is 176 cm³/mol. The third-order valence-corrected chi connectivity index (χ3v) is 11.1. The van der Waals surface area contributed by atoms with Crippen LogP contribution in [0.2, 0.25) is 0 Å². The molecule has 0 spiro atoms. The molecule has 7 N–H and O–H groups in total. The van der Waals surface area contributed by atoms with E-state index in [1.165, 1.54) is 0 Å². The molecule has 2 atom stereocenters. The van der Waals surface area contributed by atoms with E-state index < -0.39 is 98.0 Å². The van der Waals surface area contributed by atoms with Crippen LogP contribution in [-0.4, -0.2) is 77.5 Å². The molecule has 3 rings (SSSR count). The summed E-state index contributed by atoms with van der Waals surface area (Å²) in [5.74, 6) is -10.5. The average molecular weight is 652 g/mol. The van der Waals surface area contributed by atoms with Crippen LogP contribution in [-0.2, 0) is 19.2 Å². The van der Waals surface area contributed by atoms with E-state index in [2.05, 4.69) is 16.0 Å². The molecule has 2 unspecified atom stereocenters. The molecule has 3 heterocycles. The molecule has 3 fully saturated rings. The van der Waals surface area contributed by atoms with Crippen LogP contribution in [0, 0.1) is 34.5 Å². The van der Waals surface area contributed by atoms with Crippen molar-refractivity contribution < 1.29 is 39.6 Å².